The van der Waals surface area contributed by atoms with E-state index in [4.69, 9.17) is 9.84 Å². The number of thiol groups is 1. The number of hydrogen-bond acceptors (Lipinski definition) is 11. The average Bonchev–Trinajstić information content (AvgIpc) is 2.87. The molecule has 1 saturated heterocycles. The van der Waals surface area contributed by atoms with Crippen molar-refractivity contribution in [2.24, 2.45) is 0 Å². The zero-order valence-electron chi connectivity index (χ0n) is 20.3. The molecule has 1 fully saturated rings. The number of carboxylic acids is 2. The van der Waals surface area contributed by atoms with Gasteiger partial charge >= 0.3 is 17.9 Å². The molecular weight excluding hydrogens is 560 g/mol. The molecule has 16 heteroatoms. The zero-order valence-corrected chi connectivity index (χ0v) is 22.8. The minimum absolute atomic E-state index is 0.106. The fourth-order valence-electron chi connectivity index (χ4n) is 3.21. The van der Waals surface area contributed by atoms with Crippen LogP contribution in [0.5, 0.6) is 0 Å². The summed E-state index contributed by atoms with van der Waals surface area (Å²) in [6.45, 7) is 2.31. The van der Waals surface area contributed by atoms with Crippen LogP contribution in [0.2, 0.25) is 0 Å². The summed E-state index contributed by atoms with van der Waals surface area (Å²) >= 11 is 6.37. The molecule has 3 rings (SSSR count). The average molecular weight is 587 g/mol. The number of nitrogens with zero attached hydrogens (tertiary/aromatic N) is 2. The van der Waals surface area contributed by atoms with E-state index in [0.29, 0.717) is 11.3 Å². The molecule has 1 aromatic heterocycles. The summed E-state index contributed by atoms with van der Waals surface area (Å²) in [6.07, 6.45) is 3.25. The van der Waals surface area contributed by atoms with Gasteiger partial charge in [-0.25, -0.2) is 9.59 Å². The second kappa shape index (κ2) is 14.6. The molecule has 0 radical (unpaired) electrons. The van der Waals surface area contributed by atoms with Gasteiger partial charge in [0.05, 0.1) is 5.75 Å². The molecule has 2 aliphatic heterocycles. The molecule has 0 aromatic carbocycles. The number of aliphatic carboxylic acids is 2. The summed E-state index contributed by atoms with van der Waals surface area (Å²) in [4.78, 5) is 73.7. The molecule has 2 aliphatic rings. The number of β-lactam (4-membered cyclic amide) rings is 1. The number of hydrogen-bond donors (Lipinski definition) is 5. The van der Waals surface area contributed by atoms with E-state index in [1.54, 1.807) is 24.5 Å². The minimum Gasteiger partial charge on any atom is -0.480 e. The fourth-order valence-corrected chi connectivity index (χ4v) is 5.48. The first kappa shape index (κ1) is 31.0. The van der Waals surface area contributed by atoms with E-state index in [0.717, 1.165) is 9.80 Å². The number of carbonyl (C=O) groups is 6. The van der Waals surface area contributed by atoms with Crippen LogP contribution in [0.1, 0.15) is 13.8 Å². The van der Waals surface area contributed by atoms with Crippen LogP contribution in [-0.2, 0) is 33.5 Å². The van der Waals surface area contributed by atoms with Crippen molar-refractivity contribution in [1.29, 1.82) is 0 Å². The van der Waals surface area contributed by atoms with Crippen LogP contribution in [0.25, 0.3) is 0 Å². The highest BCUT2D eigenvalue weighted by atomic mass is 32.2. The maximum absolute atomic E-state index is 12.5. The van der Waals surface area contributed by atoms with Gasteiger partial charge in [-0.05, 0) is 12.1 Å². The number of aromatic nitrogens is 1. The van der Waals surface area contributed by atoms with E-state index in [1.165, 1.54) is 37.4 Å². The molecule has 0 saturated carbocycles. The number of amides is 3. The lowest BCUT2D eigenvalue weighted by molar-refractivity contribution is -0.150. The van der Waals surface area contributed by atoms with E-state index < -0.39 is 41.3 Å². The number of nitrogens with one attached hydrogen (secondary N) is 2. The lowest BCUT2D eigenvalue weighted by atomic mass is 10.0. The van der Waals surface area contributed by atoms with Gasteiger partial charge in [0.25, 0.3) is 5.91 Å². The lowest BCUT2D eigenvalue weighted by Crippen LogP contribution is -2.70. The second-order valence-corrected chi connectivity index (χ2v) is 10.3. The van der Waals surface area contributed by atoms with Gasteiger partial charge < -0.3 is 25.6 Å². The third kappa shape index (κ3) is 8.66. The van der Waals surface area contributed by atoms with Crippen molar-refractivity contribution in [2.75, 3.05) is 23.9 Å². The predicted octanol–water partition coefficient (Wildman–Crippen LogP) is -0.0191. The Bertz CT molecular complexity index is 1120. The van der Waals surface area contributed by atoms with E-state index in [9.17, 15) is 33.9 Å². The topological polar surface area (TPSA) is 192 Å². The molecule has 4 N–H and O–H groups in total. The molecule has 3 amide bonds. The Kier molecular flexibility index (Phi) is 11.9. The summed E-state index contributed by atoms with van der Waals surface area (Å²) < 4.78 is 4.88. The molecule has 13 nitrogen and oxygen atoms in total. The highest BCUT2D eigenvalue weighted by Gasteiger charge is 2.54. The summed E-state index contributed by atoms with van der Waals surface area (Å²) in [5.74, 6) is -3.49. The first-order valence-corrected chi connectivity index (χ1v) is 13.6. The number of fused-ring (bicyclic) bond motifs is 1. The number of carbonyl (C=O) groups excluding carboxylic acids is 4. The molecule has 38 heavy (non-hydrogen) atoms. The molecule has 206 valence electrons. The second-order valence-electron chi connectivity index (χ2n) is 7.74. The van der Waals surface area contributed by atoms with Gasteiger partial charge in [-0.2, -0.15) is 12.6 Å². The largest absolute Gasteiger partial charge is 0.480 e. The van der Waals surface area contributed by atoms with Gasteiger partial charge in [-0.15, -0.1) is 23.5 Å². The van der Waals surface area contributed by atoms with Gasteiger partial charge in [-0.1, -0.05) is 0 Å². The Morgan fingerprint density at radius 3 is 2.39 bits per heavy atom. The molecule has 0 spiro atoms. The summed E-state index contributed by atoms with van der Waals surface area (Å²) in [5.41, 5.74) is 0.182. The Morgan fingerprint density at radius 2 is 1.89 bits per heavy atom. The van der Waals surface area contributed by atoms with Crippen LogP contribution in [-0.4, -0.2) is 97.0 Å². The third-order valence-corrected chi connectivity index (χ3v) is 7.61. The summed E-state index contributed by atoms with van der Waals surface area (Å²) in [7, 11) is 0. The predicted molar refractivity (Wildman–Crippen MR) is 140 cm³/mol. The van der Waals surface area contributed by atoms with Crippen LogP contribution in [0, 0.1) is 0 Å². The summed E-state index contributed by atoms with van der Waals surface area (Å²) in [5, 5.41) is 22.2. The van der Waals surface area contributed by atoms with E-state index in [1.807, 2.05) is 0 Å². The first-order valence-electron chi connectivity index (χ1n) is 10.9. The van der Waals surface area contributed by atoms with Gasteiger partial charge in [0.15, 0.2) is 0 Å². The highest BCUT2D eigenvalue weighted by Crippen LogP contribution is 2.40. The van der Waals surface area contributed by atoms with Crippen LogP contribution >= 0.6 is 36.2 Å². The normalized spacial score (nSPS) is 18.6. The van der Waals surface area contributed by atoms with Gasteiger partial charge in [-0.3, -0.25) is 29.1 Å². The third-order valence-electron chi connectivity index (χ3n) is 4.89. The van der Waals surface area contributed by atoms with Crippen LogP contribution < -0.4 is 10.6 Å². The molecule has 1 aromatic rings. The number of esters is 1. The Morgan fingerprint density at radius 1 is 1.24 bits per heavy atom. The summed E-state index contributed by atoms with van der Waals surface area (Å²) in [6, 6.07) is 1.90. The monoisotopic (exact) mass is 586 g/mol. The van der Waals surface area contributed by atoms with Crippen molar-refractivity contribution in [2.45, 2.75) is 36.2 Å². The van der Waals surface area contributed by atoms with Crippen molar-refractivity contribution >= 4 is 71.8 Å². The SMILES string of the molecule is CC(=O)NC(CS)C(=O)O.CC(=O)OCC1=C(C(=O)O)N2C(=O)[C@@H](NC(=O)CSc3ccncc3)[C@H]2SC1. The number of ether oxygens (including phenoxy) is 1. The maximum Gasteiger partial charge on any atom is 0.352 e. The standard InChI is InChI=1S/C17H17N3O6S2.C5H9NO3S/c1-9(21)26-6-10-7-28-16-13(15(23)20(16)14(10)17(24)25)19-12(22)8-27-11-2-4-18-5-3-11;1-3(7)6-4(2-10)5(8)9/h2-5,13,16H,6-8H2,1H3,(H,19,22)(H,24,25);4,10H,2H2,1H3,(H,6,7)(H,8,9)/t13-,16-;/m1./s1. The van der Waals surface area contributed by atoms with Crippen LogP contribution in [0.15, 0.2) is 40.7 Å². The molecule has 0 aliphatic carbocycles. The first-order chi connectivity index (χ1) is 18.0. The van der Waals surface area contributed by atoms with Crippen molar-refractivity contribution < 1.29 is 43.7 Å². The van der Waals surface area contributed by atoms with E-state index in [-0.39, 0.29) is 35.6 Å². The molecule has 3 heterocycles. The quantitative estimate of drug-likeness (QED) is 0.107. The highest BCUT2D eigenvalue weighted by molar-refractivity contribution is 8.00. The number of carboxylic acid groups (broad SMARTS) is 2. The van der Waals surface area contributed by atoms with Gasteiger partial charge in [0.2, 0.25) is 11.8 Å². The van der Waals surface area contributed by atoms with Crippen molar-refractivity contribution in [3.63, 3.8) is 0 Å². The number of thioether (sulfide) groups is 2. The maximum atomic E-state index is 12.5. The number of pyridine rings is 1. The molecular formula is C22H26N4O9S3. The smallest absolute Gasteiger partial charge is 0.352 e. The Balaban J connectivity index is 0.000000432. The van der Waals surface area contributed by atoms with Gasteiger partial charge in [0.1, 0.15) is 29.8 Å². The minimum atomic E-state index is -1.26. The van der Waals surface area contributed by atoms with E-state index >= 15 is 0 Å². The Labute approximate surface area is 231 Å². The number of rotatable bonds is 10. The lowest BCUT2D eigenvalue weighted by Gasteiger charge is -2.49. The zero-order chi connectivity index (χ0) is 28.4. The fraction of sp³-hybridized carbons (Fsp3) is 0.409. The Hall–Kier alpha value is -3.24. The van der Waals surface area contributed by atoms with Gasteiger partial charge in [0, 0.05) is 48.2 Å². The molecule has 3 atom stereocenters. The van der Waals surface area contributed by atoms with Crippen LogP contribution in [0.3, 0.4) is 0 Å². The van der Waals surface area contributed by atoms with Crippen molar-refractivity contribution in [3.8, 4) is 0 Å². The van der Waals surface area contributed by atoms with Crippen molar-refractivity contribution in [1.82, 2.24) is 20.5 Å². The van der Waals surface area contributed by atoms with Crippen molar-refractivity contribution in [3.05, 3.63) is 35.8 Å². The van der Waals surface area contributed by atoms with E-state index in [2.05, 4.69) is 28.2 Å². The van der Waals surface area contributed by atoms with Crippen LogP contribution in [0.4, 0.5) is 0 Å². The molecule has 1 unspecified atom stereocenters. The molecule has 0 bridgehead atoms.